The van der Waals surface area contributed by atoms with Crippen molar-refractivity contribution in [3.8, 4) is 17.2 Å². The van der Waals surface area contributed by atoms with Crippen LogP contribution in [0.5, 0.6) is 17.2 Å². The van der Waals surface area contributed by atoms with Crippen LogP contribution in [0.3, 0.4) is 0 Å². The maximum Gasteiger partial charge on any atom is 0.313 e. The number of carbonyl (C=O) groups is 1. The van der Waals surface area contributed by atoms with Crippen molar-refractivity contribution in [1.82, 2.24) is 4.90 Å². The number of nitro benzene ring substituents is 1. The van der Waals surface area contributed by atoms with Crippen molar-refractivity contribution in [2.24, 2.45) is 0 Å². The number of benzene rings is 2. The summed E-state index contributed by atoms with van der Waals surface area (Å²) in [5, 5.41) is 11.5. The molecular weight excluding hydrogens is 424 g/mol. The number of nitro groups is 1. The number of amides is 1. The SMILES string of the molecule is COc1cc(C(=O)N(Cc2ccco2)C2CC2)ccc1Oc1ccc(Cl)cc1[N+](=O)[O-]. The fraction of sp³-hybridized carbons (Fsp3) is 0.227. The zero-order chi connectivity index (χ0) is 22.0. The summed E-state index contributed by atoms with van der Waals surface area (Å²) in [6, 6.07) is 12.7. The quantitative estimate of drug-likeness (QED) is 0.340. The monoisotopic (exact) mass is 442 g/mol. The fourth-order valence-corrected chi connectivity index (χ4v) is 3.38. The highest BCUT2D eigenvalue weighted by Gasteiger charge is 2.34. The molecule has 0 spiro atoms. The molecule has 3 aromatic rings. The first kappa shape index (κ1) is 20.7. The van der Waals surface area contributed by atoms with E-state index in [2.05, 4.69) is 0 Å². The van der Waals surface area contributed by atoms with Gasteiger partial charge in [0, 0.05) is 22.7 Å². The van der Waals surface area contributed by atoms with E-state index in [4.69, 9.17) is 25.5 Å². The fourth-order valence-electron chi connectivity index (χ4n) is 3.21. The molecule has 0 bridgehead atoms. The van der Waals surface area contributed by atoms with Crippen molar-refractivity contribution in [2.75, 3.05) is 7.11 Å². The average Bonchev–Trinajstić information content (AvgIpc) is 3.48. The zero-order valence-electron chi connectivity index (χ0n) is 16.6. The van der Waals surface area contributed by atoms with Gasteiger partial charge in [-0.2, -0.15) is 0 Å². The highest BCUT2D eigenvalue weighted by molar-refractivity contribution is 6.30. The molecule has 1 aliphatic carbocycles. The van der Waals surface area contributed by atoms with Gasteiger partial charge in [-0.3, -0.25) is 14.9 Å². The molecule has 9 heteroatoms. The van der Waals surface area contributed by atoms with Crippen molar-refractivity contribution < 1.29 is 23.6 Å². The van der Waals surface area contributed by atoms with Crippen LogP contribution in [0, 0.1) is 10.1 Å². The highest BCUT2D eigenvalue weighted by atomic mass is 35.5. The third kappa shape index (κ3) is 4.64. The Morgan fingerprint density at radius 2 is 1.97 bits per heavy atom. The van der Waals surface area contributed by atoms with Gasteiger partial charge in [-0.25, -0.2) is 0 Å². The Bertz CT molecular complexity index is 1110. The van der Waals surface area contributed by atoms with Gasteiger partial charge in [0.05, 0.1) is 24.8 Å². The molecule has 0 atom stereocenters. The van der Waals surface area contributed by atoms with Gasteiger partial charge in [0.15, 0.2) is 11.5 Å². The number of nitrogens with zero attached hydrogens (tertiary/aromatic N) is 2. The largest absolute Gasteiger partial charge is 0.493 e. The molecule has 1 heterocycles. The normalized spacial score (nSPS) is 13.0. The second-order valence-electron chi connectivity index (χ2n) is 7.08. The first-order chi connectivity index (χ1) is 15.0. The molecule has 2 aromatic carbocycles. The van der Waals surface area contributed by atoms with Gasteiger partial charge in [-0.15, -0.1) is 0 Å². The number of halogens is 1. The average molecular weight is 443 g/mol. The Labute approximate surface area is 183 Å². The van der Waals surface area contributed by atoms with Crippen LogP contribution >= 0.6 is 11.6 Å². The summed E-state index contributed by atoms with van der Waals surface area (Å²) >= 11 is 5.86. The smallest absolute Gasteiger partial charge is 0.313 e. The van der Waals surface area contributed by atoms with Crippen molar-refractivity contribution in [1.29, 1.82) is 0 Å². The van der Waals surface area contributed by atoms with E-state index in [-0.39, 0.29) is 39.9 Å². The molecule has 1 amide bonds. The lowest BCUT2D eigenvalue weighted by molar-refractivity contribution is -0.385. The van der Waals surface area contributed by atoms with Crippen molar-refractivity contribution in [2.45, 2.75) is 25.4 Å². The minimum absolute atomic E-state index is 0.0178. The summed E-state index contributed by atoms with van der Waals surface area (Å²) in [7, 11) is 1.44. The molecule has 160 valence electrons. The molecule has 0 unspecified atom stereocenters. The zero-order valence-corrected chi connectivity index (χ0v) is 17.4. The molecule has 31 heavy (non-hydrogen) atoms. The van der Waals surface area contributed by atoms with E-state index in [0.29, 0.717) is 17.9 Å². The Kier molecular flexibility index (Phi) is 5.81. The van der Waals surface area contributed by atoms with Gasteiger partial charge in [0.2, 0.25) is 5.75 Å². The summed E-state index contributed by atoms with van der Waals surface area (Å²) < 4.78 is 16.5. The molecular formula is C22H19ClN2O6. The number of hydrogen-bond donors (Lipinski definition) is 0. The Hall–Kier alpha value is -3.52. The van der Waals surface area contributed by atoms with Crippen LogP contribution in [0.15, 0.2) is 59.2 Å². The van der Waals surface area contributed by atoms with E-state index in [9.17, 15) is 14.9 Å². The van der Waals surface area contributed by atoms with Gasteiger partial charge in [-0.05, 0) is 55.3 Å². The van der Waals surface area contributed by atoms with Gasteiger partial charge in [-0.1, -0.05) is 11.6 Å². The minimum Gasteiger partial charge on any atom is -0.493 e. The molecule has 0 aliphatic heterocycles. The van der Waals surface area contributed by atoms with Crippen LogP contribution in [-0.2, 0) is 6.54 Å². The molecule has 0 N–H and O–H groups in total. The number of ether oxygens (including phenoxy) is 2. The van der Waals surface area contributed by atoms with Gasteiger partial charge < -0.3 is 18.8 Å². The summed E-state index contributed by atoms with van der Waals surface area (Å²) in [6.45, 7) is 0.383. The minimum atomic E-state index is -0.576. The molecule has 0 saturated heterocycles. The Morgan fingerprint density at radius 3 is 2.61 bits per heavy atom. The van der Waals surface area contributed by atoms with Crippen LogP contribution in [-0.4, -0.2) is 28.9 Å². The summed E-state index contributed by atoms with van der Waals surface area (Å²) in [6.07, 6.45) is 3.48. The lowest BCUT2D eigenvalue weighted by Gasteiger charge is -2.22. The van der Waals surface area contributed by atoms with Gasteiger partial charge in [0.25, 0.3) is 5.91 Å². The topological polar surface area (TPSA) is 95.0 Å². The van der Waals surface area contributed by atoms with E-state index >= 15 is 0 Å². The van der Waals surface area contributed by atoms with Crippen LogP contribution in [0.25, 0.3) is 0 Å². The van der Waals surface area contributed by atoms with E-state index in [1.54, 1.807) is 35.4 Å². The summed E-state index contributed by atoms with van der Waals surface area (Å²) in [4.78, 5) is 25.7. The number of carbonyl (C=O) groups excluding carboxylic acids is 1. The van der Waals surface area contributed by atoms with Gasteiger partial charge >= 0.3 is 5.69 Å². The molecule has 4 rings (SSSR count). The standard InChI is InChI=1S/C22H19ClN2O6/c1-29-21-11-14(22(26)24(16-6-7-16)13-17-3-2-10-30-17)4-8-20(21)31-19-9-5-15(23)12-18(19)25(27)28/h2-5,8-12,16H,6-7,13H2,1H3. The summed E-state index contributed by atoms with van der Waals surface area (Å²) in [5.41, 5.74) is 0.154. The lowest BCUT2D eigenvalue weighted by Crippen LogP contribution is -2.32. The predicted molar refractivity (Wildman–Crippen MR) is 113 cm³/mol. The summed E-state index contributed by atoms with van der Waals surface area (Å²) in [5.74, 6) is 1.10. The number of rotatable bonds is 8. The molecule has 0 radical (unpaired) electrons. The lowest BCUT2D eigenvalue weighted by atomic mass is 10.1. The van der Waals surface area contributed by atoms with Crippen molar-refractivity contribution in [3.05, 3.63) is 81.3 Å². The first-order valence-corrected chi connectivity index (χ1v) is 9.97. The molecule has 1 fully saturated rings. The molecule has 1 aliphatic rings. The maximum absolute atomic E-state index is 13.2. The van der Waals surface area contributed by atoms with E-state index in [1.807, 2.05) is 6.07 Å². The van der Waals surface area contributed by atoms with Crippen LogP contribution < -0.4 is 9.47 Å². The van der Waals surface area contributed by atoms with Crippen LogP contribution in [0.1, 0.15) is 29.0 Å². The third-order valence-electron chi connectivity index (χ3n) is 4.90. The van der Waals surface area contributed by atoms with E-state index in [0.717, 1.165) is 12.8 Å². The second kappa shape index (κ2) is 8.69. The molecule has 1 aromatic heterocycles. The predicted octanol–water partition coefficient (Wildman–Crippen LogP) is 5.45. The number of furan rings is 1. The van der Waals surface area contributed by atoms with Crippen molar-refractivity contribution >= 4 is 23.2 Å². The number of hydrogen-bond acceptors (Lipinski definition) is 6. The highest BCUT2D eigenvalue weighted by Crippen LogP contribution is 2.38. The Morgan fingerprint density at radius 1 is 1.19 bits per heavy atom. The first-order valence-electron chi connectivity index (χ1n) is 9.59. The van der Waals surface area contributed by atoms with Crippen LogP contribution in [0.2, 0.25) is 5.02 Å². The van der Waals surface area contributed by atoms with Crippen molar-refractivity contribution in [3.63, 3.8) is 0 Å². The maximum atomic E-state index is 13.2. The van der Waals surface area contributed by atoms with E-state index < -0.39 is 4.92 Å². The molecule has 8 nitrogen and oxygen atoms in total. The third-order valence-corrected chi connectivity index (χ3v) is 5.14. The van der Waals surface area contributed by atoms with Crippen LogP contribution in [0.4, 0.5) is 5.69 Å². The van der Waals surface area contributed by atoms with E-state index in [1.165, 1.54) is 25.3 Å². The Balaban J connectivity index is 1.59. The van der Waals surface area contributed by atoms with Gasteiger partial charge in [0.1, 0.15) is 5.76 Å². The molecule has 1 saturated carbocycles. The number of methoxy groups -OCH3 is 1. The second-order valence-corrected chi connectivity index (χ2v) is 7.52.